The maximum absolute atomic E-state index is 9.33. The molecule has 1 aromatic heterocycles. The Kier molecular flexibility index (Phi) is 24.5. The van der Waals surface area contributed by atoms with Crippen LogP contribution in [0.25, 0.3) is 10.9 Å². The Morgan fingerprint density at radius 2 is 1.04 bits per heavy atom. The van der Waals surface area contributed by atoms with E-state index in [1.807, 2.05) is 30.5 Å². The standard InChI is InChI=1S/C27H54N2.C9H7N.CH4O4S/c1-4-5-6-7-8-9-10-11-12-13-14-15-16-17-18-19-20-21-22-23-24-27-28(2)25-26-29(27)3;1-2-6-9-8(4-1)5-3-7-10-9;1-5-6(2,3)4/h25-27H,4-24H2,1-3H3;1-7H;1H3,(H,2,3,4). The van der Waals surface area contributed by atoms with Crippen LogP contribution in [0.3, 0.4) is 0 Å². The minimum Gasteiger partial charge on any atom is -0.359 e. The molecule has 2 aromatic rings. The number of aromatic nitrogens is 1. The second-order valence-electron chi connectivity index (χ2n) is 12.4. The third-order valence-electron chi connectivity index (χ3n) is 8.52. The molecule has 0 amide bonds. The van der Waals surface area contributed by atoms with Gasteiger partial charge in [0.2, 0.25) is 0 Å². The first-order valence-corrected chi connectivity index (χ1v) is 19.1. The maximum atomic E-state index is 9.33. The van der Waals surface area contributed by atoms with Gasteiger partial charge in [0.05, 0.1) is 12.6 Å². The summed E-state index contributed by atoms with van der Waals surface area (Å²) >= 11 is 0. The van der Waals surface area contributed by atoms with Crippen molar-refractivity contribution in [3.05, 3.63) is 55.0 Å². The Labute approximate surface area is 276 Å². The zero-order chi connectivity index (χ0) is 33.0. The van der Waals surface area contributed by atoms with E-state index in [9.17, 15) is 8.42 Å². The van der Waals surface area contributed by atoms with Crippen LogP contribution in [0.15, 0.2) is 55.0 Å². The lowest BCUT2D eigenvalue weighted by molar-refractivity contribution is 0.188. The number of rotatable bonds is 22. The van der Waals surface area contributed by atoms with E-state index >= 15 is 0 Å². The number of hydrogen-bond acceptors (Lipinski definition) is 6. The largest absolute Gasteiger partial charge is 0.397 e. The summed E-state index contributed by atoms with van der Waals surface area (Å²) in [6.07, 6.45) is 37.3. The molecule has 8 heteroatoms. The van der Waals surface area contributed by atoms with Gasteiger partial charge in [-0.1, -0.05) is 153 Å². The molecule has 258 valence electrons. The number of unbranched alkanes of at least 4 members (excludes halogenated alkanes) is 19. The van der Waals surface area contributed by atoms with Crippen LogP contribution in [0.4, 0.5) is 0 Å². The fourth-order valence-electron chi connectivity index (χ4n) is 5.70. The summed E-state index contributed by atoms with van der Waals surface area (Å²) in [6, 6.07) is 12.1. The molecule has 0 fully saturated rings. The van der Waals surface area contributed by atoms with Gasteiger partial charge in [-0.3, -0.25) is 13.7 Å². The molecule has 0 bridgehead atoms. The molecule has 0 saturated heterocycles. The van der Waals surface area contributed by atoms with Gasteiger partial charge in [0, 0.05) is 38.1 Å². The third-order valence-corrected chi connectivity index (χ3v) is 8.94. The number of hydrogen-bond donors (Lipinski definition) is 1. The highest BCUT2D eigenvalue weighted by atomic mass is 32.3. The number of fused-ring (bicyclic) bond motifs is 1. The number of pyridine rings is 1. The van der Waals surface area contributed by atoms with Gasteiger partial charge in [0.1, 0.15) is 6.17 Å². The van der Waals surface area contributed by atoms with Gasteiger partial charge in [-0.15, -0.1) is 0 Å². The average Bonchev–Trinajstić information content (AvgIpc) is 3.36. The van der Waals surface area contributed by atoms with Crippen molar-refractivity contribution < 1.29 is 17.2 Å². The molecular weight excluding hydrogens is 582 g/mol. The van der Waals surface area contributed by atoms with E-state index in [2.05, 4.69) is 64.5 Å². The summed E-state index contributed by atoms with van der Waals surface area (Å²) in [7, 11) is 1.10. The van der Waals surface area contributed by atoms with E-state index in [-0.39, 0.29) is 0 Å². The molecule has 0 spiro atoms. The minimum atomic E-state index is -4.16. The fraction of sp³-hybridized carbons (Fsp3) is 0.703. The fourth-order valence-corrected chi connectivity index (χ4v) is 5.70. The first kappa shape index (κ1) is 40.9. The Hall–Kier alpha value is -2.16. The van der Waals surface area contributed by atoms with Crippen LogP contribution < -0.4 is 0 Å². The average molecular weight is 648 g/mol. The second kappa shape index (κ2) is 27.0. The SMILES string of the molecule is CCCCCCCCCCCCCCCCCCCCCCC1N(C)C=CN1C.COS(=O)(=O)O.c1ccc2ncccc2c1. The predicted molar refractivity (Wildman–Crippen MR) is 191 cm³/mol. The van der Waals surface area contributed by atoms with Crippen LogP contribution >= 0.6 is 0 Å². The quantitative estimate of drug-likeness (QED) is 0.101. The van der Waals surface area contributed by atoms with E-state index in [0.717, 1.165) is 12.6 Å². The number of para-hydroxylation sites is 1. The molecule has 0 atom stereocenters. The van der Waals surface area contributed by atoms with Crippen molar-refractivity contribution in [1.29, 1.82) is 0 Å². The lowest BCUT2D eigenvalue weighted by Crippen LogP contribution is -2.33. The topological polar surface area (TPSA) is 83.0 Å². The Morgan fingerprint density at radius 3 is 1.44 bits per heavy atom. The number of benzene rings is 1. The van der Waals surface area contributed by atoms with Crippen molar-refractivity contribution >= 4 is 21.3 Å². The van der Waals surface area contributed by atoms with Crippen LogP contribution in [0.5, 0.6) is 0 Å². The first-order chi connectivity index (χ1) is 21.8. The van der Waals surface area contributed by atoms with Crippen molar-refractivity contribution in [3.8, 4) is 0 Å². The molecule has 1 aliphatic rings. The summed E-state index contributed by atoms with van der Waals surface area (Å²) in [4.78, 5) is 8.87. The number of nitrogens with zero attached hydrogens (tertiary/aromatic N) is 3. The molecular formula is C37H65N3O4S. The van der Waals surface area contributed by atoms with Crippen molar-refractivity contribution in [2.75, 3.05) is 21.2 Å². The molecule has 0 saturated carbocycles. The molecule has 1 aliphatic heterocycles. The highest BCUT2D eigenvalue weighted by Crippen LogP contribution is 2.19. The van der Waals surface area contributed by atoms with Gasteiger partial charge >= 0.3 is 10.4 Å². The van der Waals surface area contributed by atoms with Gasteiger partial charge in [-0.05, 0) is 25.0 Å². The summed E-state index contributed by atoms with van der Waals surface area (Å²) in [5.74, 6) is 0. The summed E-state index contributed by atoms with van der Waals surface area (Å²) in [5.41, 5.74) is 1.06. The van der Waals surface area contributed by atoms with Gasteiger partial charge in [-0.2, -0.15) is 8.42 Å². The zero-order valence-corrected chi connectivity index (χ0v) is 29.9. The van der Waals surface area contributed by atoms with Crippen molar-refractivity contribution in [2.45, 2.75) is 148 Å². The van der Waals surface area contributed by atoms with E-state index in [1.165, 1.54) is 140 Å². The maximum Gasteiger partial charge on any atom is 0.397 e. The van der Waals surface area contributed by atoms with Crippen LogP contribution in [0.2, 0.25) is 0 Å². The summed E-state index contributed by atoms with van der Waals surface area (Å²) in [6.45, 7) is 2.30. The molecule has 1 aromatic carbocycles. The van der Waals surface area contributed by atoms with E-state index in [0.29, 0.717) is 6.17 Å². The van der Waals surface area contributed by atoms with Crippen LogP contribution in [-0.4, -0.2) is 55.1 Å². The second-order valence-corrected chi connectivity index (χ2v) is 13.6. The monoisotopic (exact) mass is 647 g/mol. The summed E-state index contributed by atoms with van der Waals surface area (Å²) < 4.78 is 29.7. The smallest absolute Gasteiger partial charge is 0.359 e. The molecule has 0 aliphatic carbocycles. The minimum absolute atomic E-state index is 0.602. The van der Waals surface area contributed by atoms with Crippen LogP contribution in [-0.2, 0) is 14.6 Å². The van der Waals surface area contributed by atoms with Crippen molar-refractivity contribution in [3.63, 3.8) is 0 Å². The third kappa shape index (κ3) is 22.9. The van der Waals surface area contributed by atoms with Crippen molar-refractivity contribution in [1.82, 2.24) is 14.8 Å². The summed E-state index contributed by atoms with van der Waals surface area (Å²) in [5, 5.41) is 1.20. The Balaban J connectivity index is 0.000000507. The van der Waals surface area contributed by atoms with Gasteiger partial charge in [0.15, 0.2) is 0 Å². The van der Waals surface area contributed by atoms with Gasteiger partial charge in [-0.25, -0.2) is 0 Å². The lowest BCUT2D eigenvalue weighted by Gasteiger charge is -2.27. The molecule has 1 N–H and O–H groups in total. The Bertz CT molecular complexity index is 1020. The van der Waals surface area contributed by atoms with Crippen molar-refractivity contribution in [2.24, 2.45) is 0 Å². The molecule has 0 radical (unpaired) electrons. The molecule has 2 heterocycles. The van der Waals surface area contributed by atoms with Gasteiger partial charge < -0.3 is 9.80 Å². The predicted octanol–water partition coefficient (Wildman–Crippen LogP) is 10.5. The van der Waals surface area contributed by atoms with E-state index < -0.39 is 10.4 Å². The highest BCUT2D eigenvalue weighted by Gasteiger charge is 2.19. The lowest BCUT2D eigenvalue weighted by atomic mass is 10.0. The normalized spacial score (nSPS) is 13.1. The molecule has 3 rings (SSSR count). The molecule has 0 unspecified atom stereocenters. The highest BCUT2D eigenvalue weighted by molar-refractivity contribution is 7.80. The van der Waals surface area contributed by atoms with Crippen LogP contribution in [0.1, 0.15) is 142 Å². The molecule has 45 heavy (non-hydrogen) atoms. The van der Waals surface area contributed by atoms with Gasteiger partial charge in [0.25, 0.3) is 0 Å². The van der Waals surface area contributed by atoms with E-state index in [4.69, 9.17) is 4.55 Å². The zero-order valence-electron chi connectivity index (χ0n) is 29.0. The van der Waals surface area contributed by atoms with E-state index in [1.54, 1.807) is 0 Å². The molecule has 7 nitrogen and oxygen atoms in total. The first-order valence-electron chi connectivity index (χ1n) is 17.7. The Morgan fingerprint density at radius 1 is 0.667 bits per heavy atom. The van der Waals surface area contributed by atoms with Crippen LogP contribution in [0, 0.1) is 0 Å².